The first-order valence-electron chi connectivity index (χ1n) is 5.21. The van der Waals surface area contributed by atoms with E-state index in [-0.39, 0.29) is 11.1 Å². The highest BCUT2D eigenvalue weighted by Crippen LogP contribution is 2.09. The molecule has 0 fully saturated rings. The third-order valence-electron chi connectivity index (χ3n) is 2.15. The number of carboxylic acid groups (broad SMARTS) is 2. The smallest absolute Gasteiger partial charge is 0.335 e. The predicted octanol–water partition coefficient (Wildman–Crippen LogP) is 1.49. The Balaban J connectivity index is 2.60. The fraction of sp³-hybridized carbons (Fsp3) is 0.0833. The molecule has 0 atom stereocenters. The molecule has 0 aliphatic carbocycles. The van der Waals surface area contributed by atoms with Crippen LogP contribution in [0.2, 0.25) is 0 Å². The number of nitrogens with one attached hydrogen (secondary N) is 2. The molecule has 0 saturated carbocycles. The molecule has 7 heteroatoms. The van der Waals surface area contributed by atoms with Crippen molar-refractivity contribution in [1.29, 1.82) is 0 Å². The molecule has 1 aromatic carbocycles. The molecular weight excluding hydrogens is 252 g/mol. The summed E-state index contributed by atoms with van der Waals surface area (Å²) in [6.45, 7) is 1.34. The van der Waals surface area contributed by atoms with Crippen molar-refractivity contribution >= 4 is 23.7 Å². The van der Waals surface area contributed by atoms with Crippen LogP contribution < -0.4 is 10.6 Å². The molecular formula is C12H12N2O5. The van der Waals surface area contributed by atoms with Crippen LogP contribution >= 0.6 is 0 Å². The van der Waals surface area contributed by atoms with Crippen LogP contribution in [0, 0.1) is 0 Å². The molecule has 1 rings (SSSR count). The summed E-state index contributed by atoms with van der Waals surface area (Å²) in [4.78, 5) is 32.5. The summed E-state index contributed by atoms with van der Waals surface area (Å²) >= 11 is 0. The maximum absolute atomic E-state index is 11.4. The number of carboxylic acids is 2. The van der Waals surface area contributed by atoms with E-state index >= 15 is 0 Å². The van der Waals surface area contributed by atoms with Gasteiger partial charge >= 0.3 is 18.0 Å². The number of aromatic carboxylic acids is 1. The molecule has 0 unspecified atom stereocenters. The number of anilines is 1. The molecule has 19 heavy (non-hydrogen) atoms. The average Bonchev–Trinajstić information content (AvgIpc) is 2.36. The molecule has 0 bridgehead atoms. The normalized spacial score (nSPS) is 10.7. The van der Waals surface area contributed by atoms with E-state index in [1.54, 1.807) is 0 Å². The lowest BCUT2D eigenvalue weighted by molar-refractivity contribution is -0.132. The third-order valence-corrected chi connectivity index (χ3v) is 2.15. The van der Waals surface area contributed by atoms with Crippen LogP contribution in [-0.4, -0.2) is 28.2 Å². The first-order chi connectivity index (χ1) is 8.90. The first kappa shape index (κ1) is 14.2. The standard InChI is InChI=1S/C12H12N2O5/c1-7(10(15)16)6-13-12(19)14-9-4-2-8(3-5-9)11(17)18/h2-6H,1H3,(H,15,16)(H,17,18)(H2,13,14,19). The van der Waals surface area contributed by atoms with Crippen LogP contribution in [0.1, 0.15) is 17.3 Å². The lowest BCUT2D eigenvalue weighted by Gasteiger charge is -2.05. The minimum atomic E-state index is -1.13. The van der Waals surface area contributed by atoms with Gasteiger partial charge in [-0.25, -0.2) is 14.4 Å². The average molecular weight is 264 g/mol. The molecule has 0 spiro atoms. The SMILES string of the molecule is CC(=CNC(=O)Nc1ccc(C(=O)O)cc1)C(=O)O. The van der Waals surface area contributed by atoms with Gasteiger partial charge in [0.25, 0.3) is 0 Å². The monoisotopic (exact) mass is 264 g/mol. The van der Waals surface area contributed by atoms with Gasteiger partial charge in [0.2, 0.25) is 0 Å². The van der Waals surface area contributed by atoms with E-state index in [1.165, 1.54) is 31.2 Å². The van der Waals surface area contributed by atoms with Crippen molar-refractivity contribution in [2.45, 2.75) is 6.92 Å². The summed E-state index contributed by atoms with van der Waals surface area (Å²) in [5.74, 6) is -2.19. The largest absolute Gasteiger partial charge is 0.478 e. The summed E-state index contributed by atoms with van der Waals surface area (Å²) in [6, 6.07) is 4.92. The number of carbonyl (C=O) groups excluding carboxylic acids is 1. The number of amides is 2. The Hall–Kier alpha value is -2.83. The Labute approximate surface area is 108 Å². The second-order valence-electron chi connectivity index (χ2n) is 3.61. The van der Waals surface area contributed by atoms with Crippen LogP contribution in [0.3, 0.4) is 0 Å². The van der Waals surface area contributed by atoms with Crippen molar-refractivity contribution in [3.8, 4) is 0 Å². The van der Waals surface area contributed by atoms with Gasteiger partial charge in [-0.3, -0.25) is 0 Å². The highest BCUT2D eigenvalue weighted by atomic mass is 16.4. The minimum absolute atomic E-state index is 0.0172. The van der Waals surface area contributed by atoms with Gasteiger partial charge in [-0.05, 0) is 31.2 Å². The highest BCUT2D eigenvalue weighted by Gasteiger charge is 2.04. The molecule has 1 aromatic rings. The van der Waals surface area contributed by atoms with Gasteiger partial charge in [-0.1, -0.05) is 0 Å². The van der Waals surface area contributed by atoms with E-state index in [4.69, 9.17) is 10.2 Å². The molecule has 0 radical (unpaired) electrons. The quantitative estimate of drug-likeness (QED) is 0.615. The maximum Gasteiger partial charge on any atom is 0.335 e. The summed E-state index contributed by atoms with van der Waals surface area (Å²) in [5.41, 5.74) is 0.479. The van der Waals surface area contributed by atoms with E-state index in [0.29, 0.717) is 5.69 Å². The van der Waals surface area contributed by atoms with E-state index in [1.807, 2.05) is 0 Å². The molecule has 2 amide bonds. The highest BCUT2D eigenvalue weighted by molar-refractivity contribution is 5.93. The zero-order valence-corrected chi connectivity index (χ0v) is 10.0. The van der Waals surface area contributed by atoms with Gasteiger partial charge in [-0.15, -0.1) is 0 Å². The van der Waals surface area contributed by atoms with Crippen molar-refractivity contribution in [3.05, 3.63) is 41.6 Å². The fourth-order valence-electron chi connectivity index (χ4n) is 1.10. The zero-order valence-electron chi connectivity index (χ0n) is 10.0. The van der Waals surface area contributed by atoms with Crippen molar-refractivity contribution in [2.75, 3.05) is 5.32 Å². The first-order valence-corrected chi connectivity index (χ1v) is 5.21. The van der Waals surface area contributed by atoms with Crippen molar-refractivity contribution in [1.82, 2.24) is 5.32 Å². The summed E-state index contributed by atoms with van der Waals surface area (Å²) in [6.07, 6.45) is 1.06. The van der Waals surface area contributed by atoms with Crippen LogP contribution in [0.25, 0.3) is 0 Å². The molecule has 0 heterocycles. The predicted molar refractivity (Wildman–Crippen MR) is 66.9 cm³/mol. The van der Waals surface area contributed by atoms with Crippen LogP contribution in [0.5, 0.6) is 0 Å². The van der Waals surface area contributed by atoms with Gasteiger partial charge in [0, 0.05) is 11.9 Å². The minimum Gasteiger partial charge on any atom is -0.478 e. The van der Waals surface area contributed by atoms with Crippen molar-refractivity contribution in [2.24, 2.45) is 0 Å². The van der Waals surface area contributed by atoms with Gasteiger partial charge in [-0.2, -0.15) is 0 Å². The Morgan fingerprint density at radius 1 is 1.11 bits per heavy atom. The van der Waals surface area contributed by atoms with E-state index in [0.717, 1.165) is 6.20 Å². The van der Waals surface area contributed by atoms with E-state index in [2.05, 4.69) is 10.6 Å². The Morgan fingerprint density at radius 3 is 2.16 bits per heavy atom. The van der Waals surface area contributed by atoms with E-state index < -0.39 is 18.0 Å². The molecule has 0 saturated heterocycles. The molecule has 0 aliphatic heterocycles. The number of benzene rings is 1. The molecule has 7 nitrogen and oxygen atoms in total. The molecule has 0 aliphatic rings. The summed E-state index contributed by atoms with van der Waals surface area (Å²) in [7, 11) is 0. The number of urea groups is 1. The number of rotatable bonds is 4. The van der Waals surface area contributed by atoms with Crippen LogP contribution in [0.15, 0.2) is 36.0 Å². The Bertz CT molecular complexity index is 534. The lowest BCUT2D eigenvalue weighted by atomic mass is 10.2. The number of hydrogen-bond acceptors (Lipinski definition) is 3. The van der Waals surface area contributed by atoms with Crippen molar-refractivity contribution < 1.29 is 24.6 Å². The number of carbonyl (C=O) groups is 3. The van der Waals surface area contributed by atoms with Gasteiger partial charge in [0.05, 0.1) is 11.1 Å². The maximum atomic E-state index is 11.4. The van der Waals surface area contributed by atoms with Crippen LogP contribution in [-0.2, 0) is 4.79 Å². The third kappa shape index (κ3) is 4.50. The van der Waals surface area contributed by atoms with Crippen LogP contribution in [0.4, 0.5) is 10.5 Å². The van der Waals surface area contributed by atoms with E-state index in [9.17, 15) is 14.4 Å². The van der Waals surface area contributed by atoms with Crippen molar-refractivity contribution in [3.63, 3.8) is 0 Å². The molecule has 100 valence electrons. The summed E-state index contributed by atoms with van der Waals surface area (Å²) in [5, 5.41) is 21.9. The number of aliphatic carboxylic acids is 1. The Morgan fingerprint density at radius 2 is 1.68 bits per heavy atom. The molecule has 0 aromatic heterocycles. The molecule has 4 N–H and O–H groups in total. The zero-order chi connectivity index (χ0) is 14.4. The summed E-state index contributed by atoms with van der Waals surface area (Å²) < 4.78 is 0. The fourth-order valence-corrected chi connectivity index (χ4v) is 1.10. The second kappa shape index (κ2) is 6.20. The lowest BCUT2D eigenvalue weighted by Crippen LogP contribution is -2.24. The topological polar surface area (TPSA) is 116 Å². The van der Waals surface area contributed by atoms with Gasteiger partial charge in [0.15, 0.2) is 0 Å². The van der Waals surface area contributed by atoms with Gasteiger partial charge in [0.1, 0.15) is 0 Å². The van der Waals surface area contributed by atoms with Gasteiger partial charge < -0.3 is 20.8 Å². The Kier molecular flexibility index (Phi) is 4.64. The number of hydrogen-bond donors (Lipinski definition) is 4. The second-order valence-corrected chi connectivity index (χ2v) is 3.61.